The first-order valence-electron chi connectivity index (χ1n) is 7.13. The summed E-state index contributed by atoms with van der Waals surface area (Å²) >= 11 is 12.2. The van der Waals surface area contributed by atoms with Gasteiger partial charge in [0.1, 0.15) is 0 Å². The molecule has 0 atom stereocenters. The molecule has 3 rings (SSSR count). The summed E-state index contributed by atoms with van der Waals surface area (Å²) in [4.78, 5) is 14.2. The van der Waals surface area contributed by atoms with Crippen LogP contribution in [0.3, 0.4) is 0 Å². The molecule has 2 aromatic carbocycles. The van der Waals surface area contributed by atoms with Crippen molar-refractivity contribution in [2.75, 3.05) is 11.9 Å². The number of anilines is 1. The number of hydrogen-bond acceptors (Lipinski definition) is 1. The highest BCUT2D eigenvalue weighted by atomic mass is 35.5. The minimum Gasteiger partial charge on any atom is -0.320 e. The molecule has 2 amide bonds. The van der Waals surface area contributed by atoms with Crippen LogP contribution < -0.4 is 5.32 Å². The largest absolute Gasteiger partial charge is 0.322 e. The summed E-state index contributed by atoms with van der Waals surface area (Å²) < 4.78 is 0. The van der Waals surface area contributed by atoms with Crippen LogP contribution >= 0.6 is 23.2 Å². The summed E-state index contributed by atoms with van der Waals surface area (Å²) in [5.74, 6) is 0. The van der Waals surface area contributed by atoms with Crippen molar-refractivity contribution in [1.82, 2.24) is 4.90 Å². The number of amides is 2. The third-order valence-corrected chi connectivity index (χ3v) is 4.74. The molecule has 22 heavy (non-hydrogen) atoms. The van der Waals surface area contributed by atoms with Gasteiger partial charge in [-0.05, 0) is 42.2 Å². The van der Waals surface area contributed by atoms with Crippen LogP contribution in [0.2, 0.25) is 10.0 Å². The fourth-order valence-electron chi connectivity index (χ4n) is 2.59. The Hall–Kier alpha value is -1.71. The van der Waals surface area contributed by atoms with Crippen molar-refractivity contribution in [2.45, 2.75) is 19.9 Å². The van der Waals surface area contributed by atoms with Crippen molar-refractivity contribution in [1.29, 1.82) is 0 Å². The number of carbonyl (C=O) groups is 1. The van der Waals surface area contributed by atoms with Crippen LogP contribution in [0.5, 0.6) is 0 Å². The van der Waals surface area contributed by atoms with Gasteiger partial charge in [-0.2, -0.15) is 0 Å². The summed E-state index contributed by atoms with van der Waals surface area (Å²) in [5.41, 5.74) is 3.94. The Morgan fingerprint density at radius 1 is 1.14 bits per heavy atom. The third-order valence-electron chi connectivity index (χ3n) is 3.95. The van der Waals surface area contributed by atoms with E-state index in [1.165, 1.54) is 11.1 Å². The maximum atomic E-state index is 12.4. The minimum absolute atomic E-state index is 0.134. The van der Waals surface area contributed by atoms with E-state index < -0.39 is 0 Å². The highest BCUT2D eigenvalue weighted by Crippen LogP contribution is 2.28. The van der Waals surface area contributed by atoms with E-state index in [1.54, 1.807) is 17.0 Å². The Bertz CT molecular complexity index is 707. The molecular formula is C17H16Cl2N2O. The summed E-state index contributed by atoms with van der Waals surface area (Å²) in [6, 6.07) is 11.5. The average Bonchev–Trinajstić information content (AvgIpc) is 2.52. The lowest BCUT2D eigenvalue weighted by molar-refractivity contribution is 0.206. The minimum atomic E-state index is -0.134. The second-order valence-electron chi connectivity index (χ2n) is 5.44. The number of nitrogens with one attached hydrogen (secondary N) is 1. The lowest BCUT2D eigenvalue weighted by Crippen LogP contribution is -2.38. The number of halogens is 2. The maximum absolute atomic E-state index is 12.4. The van der Waals surface area contributed by atoms with Gasteiger partial charge in [0.2, 0.25) is 0 Å². The Labute approximate surface area is 139 Å². The van der Waals surface area contributed by atoms with E-state index >= 15 is 0 Å². The molecule has 0 spiro atoms. The number of rotatable bonds is 1. The molecule has 114 valence electrons. The zero-order valence-electron chi connectivity index (χ0n) is 12.2. The van der Waals surface area contributed by atoms with Gasteiger partial charge in [0.25, 0.3) is 0 Å². The van der Waals surface area contributed by atoms with Crippen molar-refractivity contribution >= 4 is 34.9 Å². The van der Waals surface area contributed by atoms with Crippen molar-refractivity contribution in [3.8, 4) is 0 Å². The van der Waals surface area contributed by atoms with Crippen LogP contribution in [-0.4, -0.2) is 17.5 Å². The average molecular weight is 335 g/mol. The molecule has 0 bridgehead atoms. The molecular weight excluding hydrogens is 319 g/mol. The standard InChI is InChI=1S/C17H16Cl2N2O/c1-11-15(18)8-14(9-16(11)19)20-17(22)21-7-6-12-4-2-3-5-13(12)10-21/h2-5,8-9H,6-7,10H2,1H3,(H,20,22). The van der Waals surface area contributed by atoms with E-state index in [4.69, 9.17) is 23.2 Å². The van der Waals surface area contributed by atoms with Gasteiger partial charge < -0.3 is 10.2 Å². The second-order valence-corrected chi connectivity index (χ2v) is 6.25. The van der Waals surface area contributed by atoms with Gasteiger partial charge in [-0.1, -0.05) is 47.5 Å². The quantitative estimate of drug-likeness (QED) is 0.790. The molecule has 3 nitrogen and oxygen atoms in total. The van der Waals surface area contributed by atoms with E-state index in [2.05, 4.69) is 17.4 Å². The van der Waals surface area contributed by atoms with Gasteiger partial charge in [0.15, 0.2) is 0 Å². The predicted octanol–water partition coefficient (Wildman–Crippen LogP) is 4.89. The van der Waals surface area contributed by atoms with E-state index in [0.29, 0.717) is 28.8 Å². The van der Waals surface area contributed by atoms with Crippen molar-refractivity contribution in [2.24, 2.45) is 0 Å². The van der Waals surface area contributed by atoms with Gasteiger partial charge >= 0.3 is 6.03 Å². The highest BCUT2D eigenvalue weighted by molar-refractivity contribution is 6.36. The van der Waals surface area contributed by atoms with Crippen molar-refractivity contribution in [3.05, 3.63) is 63.1 Å². The summed E-state index contributed by atoms with van der Waals surface area (Å²) in [5, 5.41) is 3.97. The Morgan fingerprint density at radius 3 is 2.45 bits per heavy atom. The first-order chi connectivity index (χ1) is 10.5. The molecule has 5 heteroatoms. The summed E-state index contributed by atoms with van der Waals surface area (Å²) in [6.07, 6.45) is 0.874. The smallest absolute Gasteiger partial charge is 0.320 e. The number of hydrogen-bond donors (Lipinski definition) is 1. The van der Waals surface area contributed by atoms with Crippen LogP contribution in [0.1, 0.15) is 16.7 Å². The second kappa shape index (κ2) is 6.19. The van der Waals surface area contributed by atoms with Crippen LogP contribution in [-0.2, 0) is 13.0 Å². The fraction of sp³-hybridized carbons (Fsp3) is 0.235. The highest BCUT2D eigenvalue weighted by Gasteiger charge is 2.20. The number of fused-ring (bicyclic) bond motifs is 1. The Morgan fingerprint density at radius 2 is 1.77 bits per heavy atom. The fourth-order valence-corrected chi connectivity index (χ4v) is 3.08. The Balaban J connectivity index is 1.73. The topological polar surface area (TPSA) is 32.3 Å². The zero-order chi connectivity index (χ0) is 15.7. The predicted molar refractivity (Wildman–Crippen MR) is 90.8 cm³/mol. The molecule has 1 aliphatic rings. The molecule has 1 heterocycles. The van der Waals surface area contributed by atoms with Crippen LogP contribution in [0.25, 0.3) is 0 Å². The van der Waals surface area contributed by atoms with E-state index in [1.807, 2.05) is 19.1 Å². The summed E-state index contributed by atoms with van der Waals surface area (Å²) in [7, 11) is 0. The number of carbonyl (C=O) groups excluding carboxylic acids is 1. The van der Waals surface area contributed by atoms with Gasteiger partial charge in [-0.3, -0.25) is 0 Å². The zero-order valence-corrected chi connectivity index (χ0v) is 13.7. The van der Waals surface area contributed by atoms with E-state index in [0.717, 1.165) is 12.0 Å². The molecule has 0 aromatic heterocycles. The lowest BCUT2D eigenvalue weighted by atomic mass is 10.0. The first-order valence-corrected chi connectivity index (χ1v) is 7.88. The van der Waals surface area contributed by atoms with E-state index in [9.17, 15) is 4.79 Å². The van der Waals surface area contributed by atoms with Crippen LogP contribution in [0.15, 0.2) is 36.4 Å². The van der Waals surface area contributed by atoms with E-state index in [-0.39, 0.29) is 6.03 Å². The van der Waals surface area contributed by atoms with Gasteiger partial charge in [-0.15, -0.1) is 0 Å². The first kappa shape index (κ1) is 15.2. The SMILES string of the molecule is Cc1c(Cl)cc(NC(=O)N2CCc3ccccc3C2)cc1Cl. The van der Waals surface area contributed by atoms with Crippen molar-refractivity contribution in [3.63, 3.8) is 0 Å². The normalized spacial score (nSPS) is 13.7. The number of urea groups is 1. The van der Waals surface area contributed by atoms with Crippen LogP contribution in [0, 0.1) is 6.92 Å². The lowest BCUT2D eigenvalue weighted by Gasteiger charge is -2.29. The third kappa shape index (κ3) is 3.06. The molecule has 0 saturated heterocycles. The molecule has 1 aliphatic heterocycles. The van der Waals surface area contributed by atoms with Gasteiger partial charge in [-0.25, -0.2) is 4.79 Å². The van der Waals surface area contributed by atoms with Gasteiger partial charge in [0, 0.05) is 28.8 Å². The molecule has 2 aromatic rings. The molecule has 0 aliphatic carbocycles. The maximum Gasteiger partial charge on any atom is 0.322 e. The monoisotopic (exact) mass is 334 g/mol. The van der Waals surface area contributed by atoms with Gasteiger partial charge in [0.05, 0.1) is 0 Å². The van der Waals surface area contributed by atoms with Crippen LogP contribution in [0.4, 0.5) is 10.5 Å². The molecule has 1 N–H and O–H groups in total. The molecule has 0 saturated carbocycles. The molecule has 0 fully saturated rings. The number of benzene rings is 2. The molecule has 0 unspecified atom stereocenters. The summed E-state index contributed by atoms with van der Waals surface area (Å²) in [6.45, 7) is 3.17. The molecule has 0 radical (unpaired) electrons. The van der Waals surface area contributed by atoms with Crippen molar-refractivity contribution < 1.29 is 4.79 Å². The Kier molecular flexibility index (Phi) is 4.27. The number of nitrogens with zero attached hydrogens (tertiary/aromatic N) is 1.